The van der Waals surface area contributed by atoms with E-state index in [1.165, 1.54) is 0 Å². The Bertz CT molecular complexity index is 1100. The van der Waals surface area contributed by atoms with Crippen molar-refractivity contribution in [2.45, 2.75) is 26.3 Å². The first-order valence-electron chi connectivity index (χ1n) is 9.37. The van der Waals surface area contributed by atoms with Crippen LogP contribution in [-0.2, 0) is 11.2 Å². The van der Waals surface area contributed by atoms with Crippen LogP contribution in [0.5, 0.6) is 0 Å². The zero-order valence-electron chi connectivity index (χ0n) is 16.2. The molecule has 1 amide bonds. The lowest BCUT2D eigenvalue weighted by molar-refractivity contribution is -0.121. The SMILES string of the molecule is Cc1c(C(C)NC(=O)Cc2csc(-c3ccccc3)n2)cnn1-c1ccccn1. The van der Waals surface area contributed by atoms with Gasteiger partial charge in [0.1, 0.15) is 5.01 Å². The molecule has 29 heavy (non-hydrogen) atoms. The van der Waals surface area contributed by atoms with Gasteiger partial charge in [-0.2, -0.15) is 5.10 Å². The van der Waals surface area contributed by atoms with Crippen LogP contribution >= 0.6 is 11.3 Å². The zero-order valence-corrected chi connectivity index (χ0v) is 17.1. The van der Waals surface area contributed by atoms with Crippen molar-refractivity contribution in [3.8, 4) is 16.4 Å². The van der Waals surface area contributed by atoms with E-state index >= 15 is 0 Å². The third-order valence-electron chi connectivity index (χ3n) is 4.67. The Labute approximate surface area is 173 Å². The Morgan fingerprint density at radius 3 is 2.72 bits per heavy atom. The third-order valence-corrected chi connectivity index (χ3v) is 5.61. The number of pyridine rings is 1. The molecule has 0 spiro atoms. The number of aromatic nitrogens is 4. The molecule has 1 atom stereocenters. The number of amides is 1. The molecule has 146 valence electrons. The lowest BCUT2D eigenvalue weighted by Crippen LogP contribution is -2.28. The molecule has 1 unspecified atom stereocenters. The number of benzene rings is 1. The smallest absolute Gasteiger partial charge is 0.226 e. The van der Waals surface area contributed by atoms with E-state index in [0.29, 0.717) is 0 Å². The normalized spacial score (nSPS) is 11.9. The second-order valence-corrected chi connectivity index (χ2v) is 7.62. The van der Waals surface area contributed by atoms with Gasteiger partial charge in [0.25, 0.3) is 0 Å². The minimum atomic E-state index is -0.160. The van der Waals surface area contributed by atoms with Crippen molar-refractivity contribution >= 4 is 17.2 Å². The van der Waals surface area contributed by atoms with Crippen molar-refractivity contribution in [2.75, 3.05) is 0 Å². The zero-order chi connectivity index (χ0) is 20.2. The summed E-state index contributed by atoms with van der Waals surface area (Å²) in [6, 6.07) is 15.5. The molecule has 6 nitrogen and oxygen atoms in total. The highest BCUT2D eigenvalue weighted by atomic mass is 32.1. The molecule has 7 heteroatoms. The number of nitrogens with one attached hydrogen (secondary N) is 1. The van der Waals surface area contributed by atoms with Crippen molar-refractivity contribution in [3.05, 3.63) is 83.3 Å². The molecule has 0 bridgehead atoms. The Balaban J connectivity index is 1.42. The number of nitrogens with zero attached hydrogens (tertiary/aromatic N) is 4. The van der Waals surface area contributed by atoms with Crippen molar-refractivity contribution in [1.29, 1.82) is 0 Å². The summed E-state index contributed by atoms with van der Waals surface area (Å²) >= 11 is 1.55. The van der Waals surface area contributed by atoms with E-state index in [1.807, 2.05) is 67.8 Å². The van der Waals surface area contributed by atoms with Gasteiger partial charge < -0.3 is 5.32 Å². The van der Waals surface area contributed by atoms with Crippen LogP contribution in [-0.4, -0.2) is 25.7 Å². The molecule has 0 saturated carbocycles. The predicted molar refractivity (Wildman–Crippen MR) is 114 cm³/mol. The highest BCUT2D eigenvalue weighted by Crippen LogP contribution is 2.24. The minimum Gasteiger partial charge on any atom is -0.349 e. The van der Waals surface area contributed by atoms with Gasteiger partial charge in [-0.25, -0.2) is 14.6 Å². The topological polar surface area (TPSA) is 72.7 Å². The maximum atomic E-state index is 12.5. The van der Waals surface area contributed by atoms with Gasteiger partial charge in [-0.05, 0) is 26.0 Å². The molecular weight excluding hydrogens is 382 g/mol. The summed E-state index contributed by atoms with van der Waals surface area (Å²) < 4.78 is 1.78. The van der Waals surface area contributed by atoms with E-state index in [0.717, 1.165) is 33.3 Å². The fraction of sp³-hybridized carbons (Fsp3) is 0.182. The fourth-order valence-electron chi connectivity index (χ4n) is 3.19. The summed E-state index contributed by atoms with van der Waals surface area (Å²) in [7, 11) is 0. The average Bonchev–Trinajstić information content (AvgIpc) is 3.36. The van der Waals surface area contributed by atoms with Gasteiger partial charge in [0.05, 0.1) is 24.4 Å². The molecule has 0 saturated heterocycles. The van der Waals surface area contributed by atoms with Gasteiger partial charge >= 0.3 is 0 Å². The van der Waals surface area contributed by atoms with E-state index in [2.05, 4.69) is 20.4 Å². The molecule has 0 aliphatic carbocycles. The first-order valence-corrected chi connectivity index (χ1v) is 10.2. The molecule has 4 rings (SSSR count). The Morgan fingerprint density at radius 2 is 1.97 bits per heavy atom. The van der Waals surface area contributed by atoms with E-state index in [4.69, 9.17) is 0 Å². The summed E-state index contributed by atoms with van der Waals surface area (Å²) in [4.78, 5) is 21.5. The first-order chi connectivity index (χ1) is 14.1. The summed E-state index contributed by atoms with van der Waals surface area (Å²) in [6.07, 6.45) is 3.77. The van der Waals surface area contributed by atoms with Crippen molar-refractivity contribution < 1.29 is 4.79 Å². The highest BCUT2D eigenvalue weighted by molar-refractivity contribution is 7.13. The molecule has 1 N–H and O–H groups in total. The van der Waals surface area contributed by atoms with Crippen LogP contribution in [0, 0.1) is 6.92 Å². The third kappa shape index (κ3) is 4.25. The van der Waals surface area contributed by atoms with Gasteiger partial charge in [-0.15, -0.1) is 11.3 Å². The molecule has 0 radical (unpaired) electrons. The number of thiazole rings is 1. The number of hydrogen-bond acceptors (Lipinski definition) is 5. The second kappa shape index (κ2) is 8.36. The van der Waals surface area contributed by atoms with Crippen LogP contribution in [0.4, 0.5) is 0 Å². The summed E-state index contributed by atoms with van der Waals surface area (Å²) in [5, 5.41) is 10.3. The van der Waals surface area contributed by atoms with Crippen molar-refractivity contribution in [3.63, 3.8) is 0 Å². The Hall–Kier alpha value is -3.32. The fourth-order valence-corrected chi connectivity index (χ4v) is 4.02. The molecule has 1 aromatic carbocycles. The summed E-state index contributed by atoms with van der Waals surface area (Å²) in [5.41, 5.74) is 3.76. The lowest BCUT2D eigenvalue weighted by Gasteiger charge is -2.13. The first kappa shape index (κ1) is 19.0. The Morgan fingerprint density at radius 1 is 1.17 bits per heavy atom. The maximum Gasteiger partial charge on any atom is 0.226 e. The van der Waals surface area contributed by atoms with E-state index < -0.39 is 0 Å². The quantitative estimate of drug-likeness (QED) is 0.526. The van der Waals surface area contributed by atoms with E-state index in [1.54, 1.807) is 28.4 Å². The van der Waals surface area contributed by atoms with Crippen molar-refractivity contribution in [2.24, 2.45) is 0 Å². The molecule has 0 fully saturated rings. The lowest BCUT2D eigenvalue weighted by atomic mass is 10.1. The molecule has 0 aliphatic rings. The van der Waals surface area contributed by atoms with E-state index in [-0.39, 0.29) is 18.4 Å². The molecule has 4 aromatic rings. The monoisotopic (exact) mass is 403 g/mol. The highest BCUT2D eigenvalue weighted by Gasteiger charge is 2.17. The van der Waals surface area contributed by atoms with Gasteiger partial charge in [0.2, 0.25) is 5.91 Å². The van der Waals surface area contributed by atoms with Crippen LogP contribution in [0.1, 0.15) is 29.9 Å². The number of carbonyl (C=O) groups is 1. The molecule has 0 aliphatic heterocycles. The van der Waals surface area contributed by atoms with Crippen LogP contribution in [0.3, 0.4) is 0 Å². The maximum absolute atomic E-state index is 12.5. The van der Waals surface area contributed by atoms with Gasteiger partial charge in [0.15, 0.2) is 5.82 Å². The van der Waals surface area contributed by atoms with Gasteiger partial charge in [0, 0.05) is 28.4 Å². The predicted octanol–water partition coefficient (Wildman–Crippen LogP) is 4.12. The Kier molecular flexibility index (Phi) is 5.48. The largest absolute Gasteiger partial charge is 0.349 e. The molecular formula is C22H21N5OS. The molecule has 3 aromatic heterocycles. The van der Waals surface area contributed by atoms with Crippen molar-refractivity contribution in [1.82, 2.24) is 25.1 Å². The average molecular weight is 404 g/mol. The van der Waals surface area contributed by atoms with Crippen LogP contribution in [0.15, 0.2) is 66.3 Å². The summed E-state index contributed by atoms with van der Waals surface area (Å²) in [6.45, 7) is 3.94. The van der Waals surface area contributed by atoms with Crippen LogP contribution in [0.2, 0.25) is 0 Å². The van der Waals surface area contributed by atoms with Crippen LogP contribution < -0.4 is 5.32 Å². The van der Waals surface area contributed by atoms with Gasteiger partial charge in [-0.3, -0.25) is 4.79 Å². The minimum absolute atomic E-state index is 0.0626. The molecule has 3 heterocycles. The van der Waals surface area contributed by atoms with E-state index in [9.17, 15) is 4.79 Å². The number of hydrogen-bond donors (Lipinski definition) is 1. The number of carbonyl (C=O) groups excluding carboxylic acids is 1. The standard InChI is InChI=1S/C22H21N5OS/c1-15(19-13-24-27(16(19)2)20-10-6-7-11-23-20)25-21(28)12-18-14-29-22(26-18)17-8-4-3-5-9-17/h3-11,13-15H,12H2,1-2H3,(H,25,28). The second-order valence-electron chi connectivity index (χ2n) is 6.76. The van der Waals surface area contributed by atoms with Gasteiger partial charge in [-0.1, -0.05) is 36.4 Å². The number of rotatable bonds is 6. The van der Waals surface area contributed by atoms with Crippen LogP contribution in [0.25, 0.3) is 16.4 Å². The summed E-state index contributed by atoms with van der Waals surface area (Å²) in [5.74, 6) is 0.693.